The zero-order valence-corrected chi connectivity index (χ0v) is 6.18. The third-order valence-electron chi connectivity index (χ3n) is 2.61. The molecule has 0 radical (unpaired) electrons. The highest BCUT2D eigenvalue weighted by Crippen LogP contribution is 2.41. The first-order chi connectivity index (χ1) is 4.76. The van der Waals surface area contributed by atoms with Gasteiger partial charge in [0.25, 0.3) is 0 Å². The molecule has 56 valence electrons. The first-order valence-corrected chi connectivity index (χ1v) is 3.75. The maximum Gasteiger partial charge on any atom is 0.240 e. The molecule has 0 aromatic carbocycles. The van der Waals surface area contributed by atoms with Crippen molar-refractivity contribution in [2.45, 2.75) is 18.4 Å². The van der Waals surface area contributed by atoms with Gasteiger partial charge in [-0.1, -0.05) is 0 Å². The van der Waals surface area contributed by atoms with E-state index in [0.29, 0.717) is 0 Å². The Bertz CT molecular complexity index is 174. The number of amides is 1. The topological polar surface area (TPSA) is 32.3 Å². The molecule has 1 heterocycles. The van der Waals surface area contributed by atoms with Crippen LogP contribution in [0.2, 0.25) is 0 Å². The second kappa shape index (κ2) is 1.72. The molecule has 1 aliphatic carbocycles. The normalized spacial score (nSPS) is 30.3. The highest BCUT2D eigenvalue weighted by molar-refractivity contribution is 5.89. The molecule has 10 heavy (non-hydrogen) atoms. The number of nitrogens with one attached hydrogen (secondary N) is 1. The molecular formula is C7H12N2O. The molecule has 3 heteroatoms. The molecule has 1 N–H and O–H groups in total. The van der Waals surface area contributed by atoms with E-state index in [0.717, 1.165) is 25.9 Å². The molecule has 2 rings (SSSR count). The van der Waals surface area contributed by atoms with Crippen molar-refractivity contribution in [1.29, 1.82) is 0 Å². The SMILES string of the molecule is CN1CCNC(=O)C12CC2. The van der Waals surface area contributed by atoms with Crippen LogP contribution in [0, 0.1) is 0 Å². The first kappa shape index (κ1) is 6.16. The van der Waals surface area contributed by atoms with E-state index in [4.69, 9.17) is 0 Å². The summed E-state index contributed by atoms with van der Waals surface area (Å²) >= 11 is 0. The van der Waals surface area contributed by atoms with E-state index < -0.39 is 0 Å². The summed E-state index contributed by atoms with van der Waals surface area (Å²) in [6.45, 7) is 1.82. The number of likely N-dealkylation sites (N-methyl/N-ethyl adjacent to an activating group) is 1. The van der Waals surface area contributed by atoms with Crippen molar-refractivity contribution in [3.63, 3.8) is 0 Å². The smallest absolute Gasteiger partial charge is 0.240 e. The summed E-state index contributed by atoms with van der Waals surface area (Å²) in [5.74, 6) is 0.237. The molecule has 0 unspecified atom stereocenters. The van der Waals surface area contributed by atoms with Gasteiger partial charge >= 0.3 is 0 Å². The number of hydrogen-bond donors (Lipinski definition) is 1. The van der Waals surface area contributed by atoms with Gasteiger partial charge in [0.05, 0.1) is 0 Å². The van der Waals surface area contributed by atoms with Gasteiger partial charge in [0.1, 0.15) is 5.54 Å². The molecule has 1 spiro atoms. The zero-order valence-electron chi connectivity index (χ0n) is 6.18. The van der Waals surface area contributed by atoms with Crippen LogP contribution < -0.4 is 5.32 Å². The summed E-state index contributed by atoms with van der Waals surface area (Å²) in [6, 6.07) is 0. The Labute approximate surface area is 60.4 Å². The highest BCUT2D eigenvalue weighted by Gasteiger charge is 2.54. The number of piperazine rings is 1. The Morgan fingerprint density at radius 1 is 1.60 bits per heavy atom. The van der Waals surface area contributed by atoms with Crippen LogP contribution in [0.4, 0.5) is 0 Å². The molecule has 1 aliphatic heterocycles. The Hall–Kier alpha value is -0.570. The third kappa shape index (κ3) is 0.611. The van der Waals surface area contributed by atoms with Crippen LogP contribution in [0.5, 0.6) is 0 Å². The predicted octanol–water partition coefficient (Wildman–Crippen LogP) is -0.419. The third-order valence-corrected chi connectivity index (χ3v) is 2.61. The molecule has 2 aliphatic rings. The summed E-state index contributed by atoms with van der Waals surface area (Å²) in [7, 11) is 2.03. The minimum absolute atomic E-state index is 0.0712. The number of carbonyl (C=O) groups is 1. The minimum atomic E-state index is -0.0712. The molecule has 3 nitrogen and oxygen atoms in total. The number of nitrogens with zero attached hydrogens (tertiary/aromatic N) is 1. The Balaban J connectivity index is 2.18. The summed E-state index contributed by atoms with van der Waals surface area (Å²) in [5.41, 5.74) is -0.0712. The summed E-state index contributed by atoms with van der Waals surface area (Å²) < 4.78 is 0. The number of hydrogen-bond acceptors (Lipinski definition) is 2. The fourth-order valence-electron chi connectivity index (χ4n) is 1.62. The van der Waals surface area contributed by atoms with Crippen molar-refractivity contribution < 1.29 is 4.79 Å². The van der Waals surface area contributed by atoms with Crippen molar-refractivity contribution in [2.75, 3.05) is 20.1 Å². The lowest BCUT2D eigenvalue weighted by molar-refractivity contribution is -0.129. The number of rotatable bonds is 0. The molecule has 0 aromatic heterocycles. The standard InChI is InChI=1S/C7H12N2O/c1-9-5-4-8-6(10)7(9)2-3-7/h2-5H2,1H3,(H,8,10). The van der Waals surface area contributed by atoms with E-state index in [-0.39, 0.29) is 11.4 Å². The first-order valence-electron chi connectivity index (χ1n) is 3.75. The molecular weight excluding hydrogens is 128 g/mol. The van der Waals surface area contributed by atoms with Crippen LogP contribution in [0.1, 0.15) is 12.8 Å². The number of carbonyl (C=O) groups excluding carboxylic acids is 1. The van der Waals surface area contributed by atoms with Crippen LogP contribution in [-0.4, -0.2) is 36.5 Å². The van der Waals surface area contributed by atoms with Gasteiger partial charge in [-0.15, -0.1) is 0 Å². The fraction of sp³-hybridized carbons (Fsp3) is 0.857. The molecule has 0 bridgehead atoms. The predicted molar refractivity (Wildman–Crippen MR) is 37.6 cm³/mol. The van der Waals surface area contributed by atoms with Gasteiger partial charge in [-0.3, -0.25) is 9.69 Å². The largest absolute Gasteiger partial charge is 0.353 e. The average Bonchev–Trinajstić information content (AvgIpc) is 2.64. The molecule has 0 aromatic rings. The van der Waals surface area contributed by atoms with Gasteiger partial charge < -0.3 is 5.32 Å². The van der Waals surface area contributed by atoms with Gasteiger partial charge in [-0.05, 0) is 19.9 Å². The van der Waals surface area contributed by atoms with Crippen LogP contribution >= 0.6 is 0 Å². The summed E-state index contributed by atoms with van der Waals surface area (Å²) in [6.07, 6.45) is 2.10. The quantitative estimate of drug-likeness (QED) is 0.495. The lowest BCUT2D eigenvalue weighted by Gasteiger charge is -2.31. The monoisotopic (exact) mass is 140 g/mol. The molecule has 0 atom stereocenters. The van der Waals surface area contributed by atoms with Crippen molar-refractivity contribution in [2.24, 2.45) is 0 Å². The van der Waals surface area contributed by atoms with E-state index in [9.17, 15) is 4.79 Å². The molecule has 1 saturated carbocycles. The molecule has 2 fully saturated rings. The van der Waals surface area contributed by atoms with Crippen LogP contribution in [0.15, 0.2) is 0 Å². The van der Waals surface area contributed by atoms with Crippen LogP contribution in [0.25, 0.3) is 0 Å². The van der Waals surface area contributed by atoms with Crippen molar-refractivity contribution >= 4 is 5.91 Å². The minimum Gasteiger partial charge on any atom is -0.353 e. The Kier molecular flexibility index (Phi) is 1.06. The summed E-state index contributed by atoms with van der Waals surface area (Å²) in [4.78, 5) is 13.4. The zero-order chi connectivity index (χ0) is 7.19. The maximum atomic E-state index is 11.2. The summed E-state index contributed by atoms with van der Waals surface area (Å²) in [5, 5.41) is 2.88. The van der Waals surface area contributed by atoms with E-state index in [2.05, 4.69) is 10.2 Å². The maximum absolute atomic E-state index is 11.2. The van der Waals surface area contributed by atoms with Crippen molar-refractivity contribution in [3.8, 4) is 0 Å². The van der Waals surface area contributed by atoms with Crippen molar-refractivity contribution in [1.82, 2.24) is 10.2 Å². The van der Waals surface area contributed by atoms with E-state index in [1.165, 1.54) is 0 Å². The van der Waals surface area contributed by atoms with E-state index >= 15 is 0 Å². The average molecular weight is 140 g/mol. The highest BCUT2D eigenvalue weighted by atomic mass is 16.2. The molecule has 1 saturated heterocycles. The van der Waals surface area contributed by atoms with Crippen LogP contribution in [-0.2, 0) is 4.79 Å². The van der Waals surface area contributed by atoms with Gasteiger partial charge in [-0.25, -0.2) is 0 Å². The fourth-order valence-corrected chi connectivity index (χ4v) is 1.62. The lowest BCUT2D eigenvalue weighted by atomic mass is 10.2. The Morgan fingerprint density at radius 2 is 2.30 bits per heavy atom. The van der Waals surface area contributed by atoms with Gasteiger partial charge in [0, 0.05) is 13.1 Å². The lowest BCUT2D eigenvalue weighted by Crippen LogP contribution is -2.55. The van der Waals surface area contributed by atoms with Gasteiger partial charge in [-0.2, -0.15) is 0 Å². The second-order valence-corrected chi connectivity index (χ2v) is 3.21. The van der Waals surface area contributed by atoms with Crippen LogP contribution in [0.3, 0.4) is 0 Å². The van der Waals surface area contributed by atoms with Gasteiger partial charge in [0.2, 0.25) is 5.91 Å². The van der Waals surface area contributed by atoms with Crippen molar-refractivity contribution in [3.05, 3.63) is 0 Å². The molecule has 1 amide bonds. The van der Waals surface area contributed by atoms with E-state index in [1.807, 2.05) is 7.05 Å². The van der Waals surface area contributed by atoms with Gasteiger partial charge in [0.15, 0.2) is 0 Å². The second-order valence-electron chi connectivity index (χ2n) is 3.21. The Morgan fingerprint density at radius 3 is 2.70 bits per heavy atom. The van der Waals surface area contributed by atoms with E-state index in [1.54, 1.807) is 0 Å².